The second-order valence-corrected chi connectivity index (χ2v) is 8.71. The topological polar surface area (TPSA) is 142 Å². The minimum Gasteiger partial charge on any atom is -0.489 e. The molecule has 6 N–H and O–H groups in total. The van der Waals surface area contributed by atoms with Gasteiger partial charge < -0.3 is 35.6 Å². The van der Waals surface area contributed by atoms with Crippen molar-refractivity contribution in [2.45, 2.75) is 31.9 Å². The number of imidazole rings is 1. The Hall–Kier alpha value is -4.08. The summed E-state index contributed by atoms with van der Waals surface area (Å²) in [6.07, 6.45) is 1.05. The van der Waals surface area contributed by atoms with Crippen molar-refractivity contribution in [1.29, 1.82) is 0 Å². The van der Waals surface area contributed by atoms with Gasteiger partial charge >= 0.3 is 5.69 Å². The zero-order valence-electron chi connectivity index (χ0n) is 20.0. The number of carbonyl (C=O) groups excluding carboxylic acids is 1. The summed E-state index contributed by atoms with van der Waals surface area (Å²) in [6, 6.07) is 20.1. The number of hydrogen-bond donors (Lipinski definition) is 5. The Morgan fingerprint density at radius 2 is 1.83 bits per heavy atom. The van der Waals surface area contributed by atoms with Gasteiger partial charge in [-0.3, -0.25) is 4.79 Å². The average Bonchev–Trinajstić information content (AvgIpc) is 3.26. The Labute approximate surface area is 208 Å². The maximum Gasteiger partial charge on any atom is 0.323 e. The largest absolute Gasteiger partial charge is 0.489 e. The van der Waals surface area contributed by atoms with Crippen LogP contribution in [0.25, 0.3) is 11.0 Å². The number of aryl methyl sites for hydroxylation is 1. The van der Waals surface area contributed by atoms with Crippen LogP contribution in [0.2, 0.25) is 0 Å². The highest BCUT2D eigenvalue weighted by Gasteiger charge is 2.11. The smallest absolute Gasteiger partial charge is 0.323 e. The first-order valence-corrected chi connectivity index (χ1v) is 11.8. The van der Waals surface area contributed by atoms with Crippen LogP contribution in [0, 0.1) is 0 Å². The van der Waals surface area contributed by atoms with Gasteiger partial charge in [-0.1, -0.05) is 24.3 Å². The van der Waals surface area contributed by atoms with E-state index in [4.69, 9.17) is 15.2 Å². The highest BCUT2D eigenvalue weighted by Crippen LogP contribution is 2.23. The van der Waals surface area contributed by atoms with Crippen molar-refractivity contribution in [3.8, 4) is 17.2 Å². The molecular weight excluding hydrogens is 460 g/mol. The third kappa shape index (κ3) is 6.74. The standard InChI is InChI=1S/C27H30N4O5/c1-17(29-15-20(32)16-35-24-7-3-6-23-25(24)31-27(34)30-23)8-9-18-10-12-21(13-11-18)36-22-5-2-4-19(14-22)26(28)33/h2-7,10-14,17,20,29,32H,8-9,15-16H2,1H3,(H2,28,33)(H2,30,31,34). The van der Waals surface area contributed by atoms with E-state index in [0.29, 0.717) is 40.4 Å². The Bertz CT molecular complexity index is 1360. The highest BCUT2D eigenvalue weighted by atomic mass is 16.5. The van der Waals surface area contributed by atoms with Gasteiger partial charge in [-0.05, 0) is 67.8 Å². The number of nitrogens with two attached hydrogens (primary N) is 1. The van der Waals surface area contributed by atoms with Crippen LogP contribution in [0.15, 0.2) is 71.5 Å². The highest BCUT2D eigenvalue weighted by molar-refractivity contribution is 5.93. The molecule has 0 bridgehead atoms. The van der Waals surface area contributed by atoms with Crippen molar-refractivity contribution in [2.24, 2.45) is 5.73 Å². The van der Waals surface area contributed by atoms with Gasteiger partial charge in [0.25, 0.3) is 0 Å². The number of aromatic nitrogens is 2. The SMILES string of the molecule is CC(CCc1ccc(Oc2cccc(C(N)=O)c2)cc1)NCC(O)COc1cccc2[nH]c(=O)[nH]c12. The van der Waals surface area contributed by atoms with Crippen LogP contribution in [-0.2, 0) is 6.42 Å². The minimum absolute atomic E-state index is 0.107. The van der Waals surface area contributed by atoms with Crippen LogP contribution >= 0.6 is 0 Å². The lowest BCUT2D eigenvalue weighted by Gasteiger charge is -2.18. The van der Waals surface area contributed by atoms with Crippen LogP contribution in [0.5, 0.6) is 17.2 Å². The molecule has 0 saturated heterocycles. The molecule has 4 aromatic rings. The van der Waals surface area contributed by atoms with Crippen LogP contribution in [0.1, 0.15) is 29.3 Å². The lowest BCUT2D eigenvalue weighted by molar-refractivity contribution is 0.1000. The molecule has 2 atom stereocenters. The molecule has 0 aliphatic carbocycles. The molecule has 1 aromatic heterocycles. The van der Waals surface area contributed by atoms with Crippen LogP contribution in [0.3, 0.4) is 0 Å². The molecule has 0 fully saturated rings. The van der Waals surface area contributed by atoms with Gasteiger partial charge in [0.2, 0.25) is 5.91 Å². The van der Waals surface area contributed by atoms with Crippen molar-refractivity contribution in [3.63, 3.8) is 0 Å². The molecule has 1 amide bonds. The molecule has 188 valence electrons. The number of aromatic amines is 2. The lowest BCUT2D eigenvalue weighted by Crippen LogP contribution is -2.36. The van der Waals surface area contributed by atoms with E-state index in [9.17, 15) is 14.7 Å². The number of amides is 1. The van der Waals surface area contributed by atoms with Crippen molar-refractivity contribution in [3.05, 3.63) is 88.3 Å². The van der Waals surface area contributed by atoms with Crippen molar-refractivity contribution >= 4 is 16.9 Å². The number of nitrogens with one attached hydrogen (secondary N) is 3. The zero-order valence-corrected chi connectivity index (χ0v) is 20.0. The van der Waals surface area contributed by atoms with Gasteiger partial charge in [0.1, 0.15) is 35.5 Å². The third-order valence-corrected chi connectivity index (χ3v) is 5.79. The second-order valence-electron chi connectivity index (χ2n) is 8.71. The van der Waals surface area contributed by atoms with Crippen LogP contribution < -0.4 is 26.2 Å². The summed E-state index contributed by atoms with van der Waals surface area (Å²) >= 11 is 0. The average molecular weight is 491 g/mol. The van der Waals surface area contributed by atoms with Gasteiger partial charge in [-0.25, -0.2) is 4.79 Å². The molecule has 0 saturated carbocycles. The minimum atomic E-state index is -0.696. The molecular formula is C27H30N4O5. The van der Waals surface area contributed by atoms with Gasteiger partial charge in [0.15, 0.2) is 0 Å². The monoisotopic (exact) mass is 490 g/mol. The number of aliphatic hydroxyl groups excluding tert-OH is 1. The van der Waals surface area contributed by atoms with Crippen LogP contribution in [0.4, 0.5) is 0 Å². The quantitative estimate of drug-likeness (QED) is 0.207. The Morgan fingerprint density at radius 3 is 2.61 bits per heavy atom. The second kappa shape index (κ2) is 11.6. The van der Waals surface area contributed by atoms with Gasteiger partial charge in [-0.2, -0.15) is 0 Å². The molecule has 36 heavy (non-hydrogen) atoms. The van der Waals surface area contributed by atoms with E-state index in [1.54, 1.807) is 42.5 Å². The van der Waals surface area contributed by atoms with Crippen molar-refractivity contribution in [1.82, 2.24) is 15.3 Å². The molecule has 9 nitrogen and oxygen atoms in total. The number of carbonyl (C=O) groups is 1. The zero-order chi connectivity index (χ0) is 25.5. The van der Waals surface area contributed by atoms with Crippen molar-refractivity contribution in [2.75, 3.05) is 13.2 Å². The number of ether oxygens (including phenoxy) is 2. The molecule has 1 heterocycles. The normalized spacial score (nSPS) is 12.8. The summed E-state index contributed by atoms with van der Waals surface area (Å²) in [4.78, 5) is 28.2. The van der Waals surface area contributed by atoms with Gasteiger partial charge in [0.05, 0.1) is 5.52 Å². The summed E-state index contributed by atoms with van der Waals surface area (Å²) in [6.45, 7) is 2.57. The lowest BCUT2D eigenvalue weighted by atomic mass is 10.1. The number of aliphatic hydroxyl groups is 1. The predicted octanol–water partition coefficient (Wildman–Crippen LogP) is 3.10. The number of fused-ring (bicyclic) bond motifs is 1. The van der Waals surface area contributed by atoms with Gasteiger partial charge in [-0.15, -0.1) is 0 Å². The van der Waals surface area contributed by atoms with E-state index in [1.807, 2.05) is 24.3 Å². The van der Waals surface area contributed by atoms with E-state index in [2.05, 4.69) is 22.2 Å². The Balaban J connectivity index is 1.19. The Morgan fingerprint density at radius 1 is 1.06 bits per heavy atom. The van der Waals surface area contributed by atoms with E-state index < -0.39 is 12.0 Å². The first-order valence-electron chi connectivity index (χ1n) is 11.8. The predicted molar refractivity (Wildman–Crippen MR) is 138 cm³/mol. The summed E-state index contributed by atoms with van der Waals surface area (Å²) in [5.41, 5.74) is 7.84. The summed E-state index contributed by atoms with van der Waals surface area (Å²) < 4.78 is 11.5. The first kappa shape index (κ1) is 25.0. The van der Waals surface area contributed by atoms with Crippen molar-refractivity contribution < 1.29 is 19.4 Å². The fraction of sp³-hybridized carbons (Fsp3) is 0.259. The number of hydrogen-bond acceptors (Lipinski definition) is 6. The molecule has 9 heteroatoms. The summed E-state index contributed by atoms with van der Waals surface area (Å²) in [5, 5.41) is 13.6. The van der Waals surface area contributed by atoms with E-state index >= 15 is 0 Å². The van der Waals surface area contributed by atoms with E-state index in [0.717, 1.165) is 12.8 Å². The molecule has 0 spiro atoms. The van der Waals surface area contributed by atoms with E-state index in [1.165, 1.54) is 5.56 Å². The number of rotatable bonds is 12. The molecule has 3 aromatic carbocycles. The maximum absolute atomic E-state index is 11.5. The molecule has 0 aliphatic rings. The number of H-pyrrole nitrogens is 2. The fourth-order valence-electron chi connectivity index (χ4n) is 3.79. The molecule has 0 radical (unpaired) electrons. The maximum atomic E-state index is 11.5. The molecule has 2 unspecified atom stereocenters. The first-order chi connectivity index (χ1) is 17.4. The number of primary amides is 1. The number of benzene rings is 3. The fourth-order valence-corrected chi connectivity index (χ4v) is 3.79. The molecule has 0 aliphatic heterocycles. The van der Waals surface area contributed by atoms with Gasteiger partial charge in [0, 0.05) is 18.2 Å². The third-order valence-electron chi connectivity index (χ3n) is 5.79. The Kier molecular flexibility index (Phi) is 8.04. The van der Waals surface area contributed by atoms with E-state index in [-0.39, 0.29) is 18.3 Å². The van der Waals surface area contributed by atoms with Crippen LogP contribution in [-0.4, -0.2) is 46.3 Å². The summed E-state index contributed by atoms with van der Waals surface area (Å²) in [5.74, 6) is 1.25. The summed E-state index contributed by atoms with van der Waals surface area (Å²) in [7, 11) is 0. The molecule has 4 rings (SSSR count). The number of para-hydroxylation sites is 1.